The van der Waals surface area contributed by atoms with Crippen molar-refractivity contribution in [2.24, 2.45) is 5.73 Å². The number of aromatic nitrogens is 2. The van der Waals surface area contributed by atoms with Crippen molar-refractivity contribution in [2.45, 2.75) is 45.6 Å². The Morgan fingerprint density at radius 2 is 2.19 bits per heavy atom. The summed E-state index contributed by atoms with van der Waals surface area (Å²) < 4.78 is 10.4. The highest BCUT2D eigenvalue weighted by Crippen LogP contribution is 2.02. The predicted octanol–water partition coefficient (Wildman–Crippen LogP) is 1.32. The fraction of sp³-hybridized carbons (Fsp3) is 0.818. The summed E-state index contributed by atoms with van der Waals surface area (Å²) >= 11 is 0. The van der Waals surface area contributed by atoms with Gasteiger partial charge in [-0.2, -0.15) is 4.98 Å². The molecule has 0 aliphatic carbocycles. The van der Waals surface area contributed by atoms with Crippen LogP contribution in [0.5, 0.6) is 0 Å². The third kappa shape index (κ3) is 4.72. The molecule has 0 spiro atoms. The van der Waals surface area contributed by atoms with Gasteiger partial charge in [0.1, 0.15) is 0 Å². The molecule has 0 aliphatic heterocycles. The Kier molecular flexibility index (Phi) is 6.03. The number of nitrogens with zero attached hydrogens (tertiary/aromatic N) is 2. The van der Waals surface area contributed by atoms with Crippen LogP contribution in [0.15, 0.2) is 4.52 Å². The Morgan fingerprint density at radius 1 is 1.38 bits per heavy atom. The SMILES string of the molecule is CCCOCCc1nc(CC(N)CC)no1. The zero-order valence-corrected chi connectivity index (χ0v) is 10.1. The van der Waals surface area contributed by atoms with Gasteiger partial charge in [-0.05, 0) is 12.8 Å². The monoisotopic (exact) mass is 227 g/mol. The van der Waals surface area contributed by atoms with Gasteiger partial charge in [-0.15, -0.1) is 0 Å². The van der Waals surface area contributed by atoms with E-state index in [0.29, 0.717) is 31.2 Å². The normalized spacial score (nSPS) is 12.9. The molecule has 0 saturated heterocycles. The molecular formula is C11H21N3O2. The first kappa shape index (κ1) is 13.1. The maximum atomic E-state index is 5.81. The molecule has 0 amide bonds. The van der Waals surface area contributed by atoms with E-state index in [-0.39, 0.29) is 6.04 Å². The summed E-state index contributed by atoms with van der Waals surface area (Å²) in [7, 11) is 0. The molecule has 1 atom stereocenters. The van der Waals surface area contributed by atoms with E-state index in [2.05, 4.69) is 17.1 Å². The van der Waals surface area contributed by atoms with Crippen LogP contribution in [0.25, 0.3) is 0 Å². The summed E-state index contributed by atoms with van der Waals surface area (Å²) in [6, 6.07) is 0.113. The summed E-state index contributed by atoms with van der Waals surface area (Å²) in [5.41, 5.74) is 5.81. The lowest BCUT2D eigenvalue weighted by Crippen LogP contribution is -2.22. The standard InChI is InChI=1S/C11H21N3O2/c1-3-6-15-7-5-11-13-10(14-16-11)8-9(12)4-2/h9H,3-8,12H2,1-2H3. The quantitative estimate of drug-likeness (QED) is 0.678. The highest BCUT2D eigenvalue weighted by atomic mass is 16.5. The van der Waals surface area contributed by atoms with E-state index in [4.69, 9.17) is 15.0 Å². The molecule has 1 rings (SSSR count). The topological polar surface area (TPSA) is 74.2 Å². The molecule has 0 bridgehead atoms. The third-order valence-corrected chi connectivity index (χ3v) is 2.29. The second-order valence-electron chi connectivity index (χ2n) is 3.84. The molecule has 0 saturated carbocycles. The minimum atomic E-state index is 0.113. The molecule has 1 aromatic rings. The first-order chi connectivity index (χ1) is 7.76. The Morgan fingerprint density at radius 3 is 2.88 bits per heavy atom. The summed E-state index contributed by atoms with van der Waals surface area (Å²) in [5, 5.41) is 3.88. The van der Waals surface area contributed by atoms with E-state index < -0.39 is 0 Å². The molecule has 2 N–H and O–H groups in total. The molecule has 0 radical (unpaired) electrons. The van der Waals surface area contributed by atoms with Crippen LogP contribution in [0.1, 0.15) is 38.4 Å². The maximum absolute atomic E-state index is 5.81. The van der Waals surface area contributed by atoms with Crippen molar-refractivity contribution in [1.82, 2.24) is 10.1 Å². The van der Waals surface area contributed by atoms with Crippen LogP contribution >= 0.6 is 0 Å². The van der Waals surface area contributed by atoms with Gasteiger partial charge < -0.3 is 15.0 Å². The number of nitrogens with two attached hydrogens (primary N) is 1. The van der Waals surface area contributed by atoms with Gasteiger partial charge in [0, 0.05) is 19.1 Å². The molecule has 92 valence electrons. The fourth-order valence-electron chi connectivity index (χ4n) is 1.26. The number of rotatable bonds is 8. The zero-order valence-electron chi connectivity index (χ0n) is 10.1. The minimum Gasteiger partial charge on any atom is -0.381 e. The Bertz CT molecular complexity index is 289. The fourth-order valence-corrected chi connectivity index (χ4v) is 1.26. The predicted molar refractivity (Wildman–Crippen MR) is 61.1 cm³/mol. The Labute approximate surface area is 96.4 Å². The van der Waals surface area contributed by atoms with Crippen molar-refractivity contribution >= 4 is 0 Å². The van der Waals surface area contributed by atoms with Gasteiger partial charge in [-0.3, -0.25) is 0 Å². The van der Waals surface area contributed by atoms with Crippen molar-refractivity contribution in [3.05, 3.63) is 11.7 Å². The Hall–Kier alpha value is -0.940. The lowest BCUT2D eigenvalue weighted by Gasteiger charge is -2.02. The molecule has 16 heavy (non-hydrogen) atoms. The molecular weight excluding hydrogens is 206 g/mol. The van der Waals surface area contributed by atoms with Crippen LogP contribution in [0, 0.1) is 0 Å². The van der Waals surface area contributed by atoms with E-state index in [1.807, 2.05) is 6.92 Å². The summed E-state index contributed by atoms with van der Waals surface area (Å²) in [4.78, 5) is 4.26. The lowest BCUT2D eigenvalue weighted by molar-refractivity contribution is 0.132. The van der Waals surface area contributed by atoms with Crippen molar-refractivity contribution in [3.8, 4) is 0 Å². The van der Waals surface area contributed by atoms with Gasteiger partial charge in [-0.1, -0.05) is 19.0 Å². The number of hydrogen-bond acceptors (Lipinski definition) is 5. The largest absolute Gasteiger partial charge is 0.381 e. The Balaban J connectivity index is 2.28. The van der Waals surface area contributed by atoms with Crippen LogP contribution in [-0.2, 0) is 17.6 Å². The van der Waals surface area contributed by atoms with Crippen molar-refractivity contribution in [1.29, 1.82) is 0 Å². The van der Waals surface area contributed by atoms with E-state index in [9.17, 15) is 0 Å². The van der Waals surface area contributed by atoms with Crippen molar-refractivity contribution < 1.29 is 9.26 Å². The average Bonchev–Trinajstić information content (AvgIpc) is 2.72. The van der Waals surface area contributed by atoms with Crippen molar-refractivity contribution in [2.75, 3.05) is 13.2 Å². The number of ether oxygens (including phenoxy) is 1. The summed E-state index contributed by atoms with van der Waals surface area (Å²) in [6.45, 7) is 5.54. The highest BCUT2D eigenvalue weighted by molar-refractivity contribution is 4.89. The minimum absolute atomic E-state index is 0.113. The molecule has 1 aromatic heterocycles. The first-order valence-electron chi connectivity index (χ1n) is 5.91. The molecule has 1 unspecified atom stereocenters. The molecule has 0 fully saturated rings. The zero-order chi connectivity index (χ0) is 11.8. The van der Waals surface area contributed by atoms with Crippen LogP contribution in [0.3, 0.4) is 0 Å². The van der Waals surface area contributed by atoms with Gasteiger partial charge in [-0.25, -0.2) is 0 Å². The second-order valence-corrected chi connectivity index (χ2v) is 3.84. The molecule has 5 heteroatoms. The first-order valence-corrected chi connectivity index (χ1v) is 5.91. The van der Waals surface area contributed by atoms with Crippen LogP contribution in [0.2, 0.25) is 0 Å². The van der Waals surface area contributed by atoms with Gasteiger partial charge in [0.25, 0.3) is 0 Å². The summed E-state index contributed by atoms with van der Waals surface area (Å²) in [6.07, 6.45) is 3.30. The van der Waals surface area contributed by atoms with E-state index in [1.54, 1.807) is 0 Å². The van der Waals surface area contributed by atoms with Crippen LogP contribution < -0.4 is 5.73 Å². The van der Waals surface area contributed by atoms with Gasteiger partial charge in [0.2, 0.25) is 5.89 Å². The summed E-state index contributed by atoms with van der Waals surface area (Å²) in [5.74, 6) is 1.33. The molecule has 5 nitrogen and oxygen atoms in total. The molecule has 1 heterocycles. The van der Waals surface area contributed by atoms with Gasteiger partial charge in [0.15, 0.2) is 5.82 Å². The second kappa shape index (κ2) is 7.35. The van der Waals surface area contributed by atoms with E-state index >= 15 is 0 Å². The average molecular weight is 227 g/mol. The van der Waals surface area contributed by atoms with Crippen LogP contribution in [0.4, 0.5) is 0 Å². The van der Waals surface area contributed by atoms with Gasteiger partial charge >= 0.3 is 0 Å². The van der Waals surface area contributed by atoms with E-state index in [1.165, 1.54) is 0 Å². The third-order valence-electron chi connectivity index (χ3n) is 2.29. The van der Waals surface area contributed by atoms with Crippen molar-refractivity contribution in [3.63, 3.8) is 0 Å². The van der Waals surface area contributed by atoms with Gasteiger partial charge in [0.05, 0.1) is 13.0 Å². The van der Waals surface area contributed by atoms with Crippen LogP contribution in [-0.4, -0.2) is 29.4 Å². The number of hydrogen-bond donors (Lipinski definition) is 1. The maximum Gasteiger partial charge on any atom is 0.228 e. The van der Waals surface area contributed by atoms with E-state index in [0.717, 1.165) is 19.4 Å². The molecule has 0 aromatic carbocycles. The lowest BCUT2D eigenvalue weighted by atomic mass is 10.2. The smallest absolute Gasteiger partial charge is 0.228 e. The highest BCUT2D eigenvalue weighted by Gasteiger charge is 2.09. The molecule has 0 aliphatic rings.